The predicted molar refractivity (Wildman–Crippen MR) is 102 cm³/mol. The van der Waals surface area contributed by atoms with E-state index in [4.69, 9.17) is 5.73 Å². The van der Waals surface area contributed by atoms with Crippen molar-refractivity contribution in [3.8, 4) is 0 Å². The van der Waals surface area contributed by atoms with Crippen LogP contribution in [0.1, 0.15) is 42.0 Å². The summed E-state index contributed by atoms with van der Waals surface area (Å²) in [4.78, 5) is 15.1. The second-order valence-electron chi connectivity index (χ2n) is 8.17. The number of halogens is 1. The van der Waals surface area contributed by atoms with E-state index >= 15 is 0 Å². The van der Waals surface area contributed by atoms with Crippen LogP contribution in [-0.2, 0) is 6.42 Å². The molecule has 2 aromatic rings. The highest BCUT2D eigenvalue weighted by atomic mass is 19.1. The van der Waals surface area contributed by atoms with Gasteiger partial charge in [-0.2, -0.15) is 0 Å². The van der Waals surface area contributed by atoms with Gasteiger partial charge in [0.05, 0.1) is 6.04 Å². The molecule has 2 aromatic carbocycles. The maximum absolute atomic E-state index is 13.5. The molecule has 5 rings (SSSR count). The van der Waals surface area contributed by atoms with Crippen LogP contribution in [0.4, 0.5) is 9.18 Å². The average Bonchev–Trinajstić information content (AvgIpc) is 3.51. The number of carbonyl (C=O) groups excluding carboxylic acids is 1. The van der Waals surface area contributed by atoms with Crippen LogP contribution < -0.4 is 11.1 Å². The molecule has 2 aliphatic carbocycles. The minimum Gasteiger partial charge on any atom is -0.335 e. The fourth-order valence-corrected chi connectivity index (χ4v) is 4.91. The van der Waals surface area contributed by atoms with Crippen LogP contribution in [0.15, 0.2) is 48.5 Å². The van der Waals surface area contributed by atoms with Gasteiger partial charge in [0.2, 0.25) is 0 Å². The van der Waals surface area contributed by atoms with E-state index in [1.807, 2.05) is 17.0 Å². The summed E-state index contributed by atoms with van der Waals surface area (Å²) >= 11 is 0. The zero-order chi connectivity index (χ0) is 18.6. The van der Waals surface area contributed by atoms with E-state index in [2.05, 4.69) is 17.4 Å². The van der Waals surface area contributed by atoms with Gasteiger partial charge < -0.3 is 16.0 Å². The number of hydrogen-bond donors (Lipinski definition) is 2. The van der Waals surface area contributed by atoms with E-state index in [-0.39, 0.29) is 35.4 Å². The summed E-state index contributed by atoms with van der Waals surface area (Å²) < 4.78 is 13.5. The third-order valence-corrected chi connectivity index (χ3v) is 6.78. The van der Waals surface area contributed by atoms with Crippen molar-refractivity contribution in [3.05, 3.63) is 71.0 Å². The summed E-state index contributed by atoms with van der Waals surface area (Å²) in [6.45, 7) is 0.649. The Hall–Kier alpha value is -2.40. The van der Waals surface area contributed by atoms with Crippen molar-refractivity contribution >= 4 is 6.03 Å². The van der Waals surface area contributed by atoms with Gasteiger partial charge in [-0.1, -0.05) is 36.4 Å². The molecule has 0 aromatic heterocycles. The number of hydrogen-bond acceptors (Lipinski definition) is 2. The lowest BCUT2D eigenvalue weighted by Gasteiger charge is -2.46. The van der Waals surface area contributed by atoms with Crippen LogP contribution in [-0.4, -0.2) is 29.6 Å². The lowest BCUT2D eigenvalue weighted by molar-refractivity contribution is 0.124. The van der Waals surface area contributed by atoms with Gasteiger partial charge in [0.1, 0.15) is 5.82 Å². The Labute approximate surface area is 158 Å². The topological polar surface area (TPSA) is 58.4 Å². The molecule has 1 aliphatic heterocycles. The van der Waals surface area contributed by atoms with Crippen LogP contribution in [0, 0.1) is 11.2 Å². The first-order chi connectivity index (χ1) is 13.1. The molecule has 0 radical (unpaired) electrons. The van der Waals surface area contributed by atoms with Crippen LogP contribution in [0.5, 0.6) is 0 Å². The van der Waals surface area contributed by atoms with Gasteiger partial charge in [0.15, 0.2) is 0 Å². The molecule has 3 N–H and O–H groups in total. The molecular weight excluding hydrogens is 341 g/mol. The Morgan fingerprint density at radius 1 is 1.15 bits per heavy atom. The van der Waals surface area contributed by atoms with Crippen molar-refractivity contribution in [1.82, 2.24) is 10.2 Å². The van der Waals surface area contributed by atoms with Crippen molar-refractivity contribution in [3.63, 3.8) is 0 Å². The smallest absolute Gasteiger partial charge is 0.318 e. The summed E-state index contributed by atoms with van der Waals surface area (Å²) in [7, 11) is 0. The maximum atomic E-state index is 13.5. The summed E-state index contributed by atoms with van der Waals surface area (Å²) in [5.74, 6) is -0.266. The highest BCUT2D eigenvalue weighted by molar-refractivity contribution is 5.77. The van der Waals surface area contributed by atoms with Gasteiger partial charge in [0, 0.05) is 24.0 Å². The number of fused-ring (bicyclic) bond motifs is 1. The van der Waals surface area contributed by atoms with Gasteiger partial charge in [0.25, 0.3) is 0 Å². The van der Waals surface area contributed by atoms with Gasteiger partial charge in [-0.05, 0) is 54.5 Å². The summed E-state index contributed by atoms with van der Waals surface area (Å²) in [6, 6.07) is 14.9. The molecule has 3 atom stereocenters. The molecule has 2 fully saturated rings. The Bertz CT molecular complexity index is 877. The second-order valence-corrected chi connectivity index (χ2v) is 8.17. The Kier molecular flexibility index (Phi) is 3.76. The fraction of sp³-hybridized carbons (Fsp3) is 0.409. The monoisotopic (exact) mass is 365 g/mol. The lowest BCUT2D eigenvalue weighted by Crippen LogP contribution is -2.62. The van der Waals surface area contributed by atoms with E-state index in [1.165, 1.54) is 17.7 Å². The van der Waals surface area contributed by atoms with E-state index in [9.17, 15) is 9.18 Å². The molecule has 1 heterocycles. The summed E-state index contributed by atoms with van der Waals surface area (Å²) in [5.41, 5.74) is 9.61. The molecule has 5 heteroatoms. The standard InChI is InChI=1S/C22H24FN3O/c23-16-7-5-15(6-8-16)20-17-4-2-1-3-14(17)9-12-26(20)21(27)25-19-13-18(24)22(19)10-11-22/h1-8,18-20H,9-13,24H2,(H,25,27)/t18-,19+,20+/m1/s1. The minimum absolute atomic E-state index is 0.0398. The normalized spacial score (nSPS) is 27.6. The molecule has 0 saturated heterocycles. The fourth-order valence-electron chi connectivity index (χ4n) is 4.91. The van der Waals surface area contributed by atoms with Crippen molar-refractivity contribution in [2.75, 3.05) is 6.54 Å². The molecular formula is C22H24FN3O. The first-order valence-electron chi connectivity index (χ1n) is 9.74. The lowest BCUT2D eigenvalue weighted by atomic mass is 9.71. The second kappa shape index (κ2) is 6.06. The van der Waals surface area contributed by atoms with E-state index in [0.717, 1.165) is 36.8 Å². The zero-order valence-corrected chi connectivity index (χ0v) is 15.2. The maximum Gasteiger partial charge on any atom is 0.318 e. The summed E-state index contributed by atoms with van der Waals surface area (Å²) in [6.07, 6.45) is 3.92. The highest BCUT2D eigenvalue weighted by Crippen LogP contribution is 2.59. The Morgan fingerprint density at radius 2 is 1.89 bits per heavy atom. The first-order valence-corrected chi connectivity index (χ1v) is 9.74. The van der Waals surface area contributed by atoms with Gasteiger partial charge >= 0.3 is 6.03 Å². The molecule has 140 valence electrons. The van der Waals surface area contributed by atoms with Gasteiger partial charge in [-0.15, -0.1) is 0 Å². The molecule has 1 spiro atoms. The van der Waals surface area contributed by atoms with Crippen molar-refractivity contribution < 1.29 is 9.18 Å². The van der Waals surface area contributed by atoms with Crippen LogP contribution >= 0.6 is 0 Å². The van der Waals surface area contributed by atoms with E-state index < -0.39 is 0 Å². The Balaban J connectivity index is 1.45. The molecule has 27 heavy (non-hydrogen) atoms. The number of nitrogens with two attached hydrogens (primary N) is 1. The van der Waals surface area contributed by atoms with Crippen molar-refractivity contribution in [2.45, 2.75) is 43.8 Å². The highest BCUT2D eigenvalue weighted by Gasteiger charge is 2.62. The van der Waals surface area contributed by atoms with Gasteiger partial charge in [-0.3, -0.25) is 0 Å². The summed E-state index contributed by atoms with van der Waals surface area (Å²) in [5, 5.41) is 3.24. The number of amides is 2. The molecule has 0 unspecified atom stereocenters. The number of carbonyl (C=O) groups is 1. The first kappa shape index (κ1) is 16.8. The third kappa shape index (κ3) is 2.64. The SMILES string of the molecule is N[C@@H]1C[C@H](NC(=O)N2CCc3ccccc3[C@@H]2c2ccc(F)cc2)C12CC2. The van der Waals surface area contributed by atoms with Crippen molar-refractivity contribution in [1.29, 1.82) is 0 Å². The largest absolute Gasteiger partial charge is 0.335 e. The van der Waals surface area contributed by atoms with E-state index in [0.29, 0.717) is 6.54 Å². The van der Waals surface area contributed by atoms with Crippen LogP contribution in [0.2, 0.25) is 0 Å². The predicted octanol–water partition coefficient (Wildman–Crippen LogP) is 3.36. The number of nitrogens with one attached hydrogen (secondary N) is 1. The average molecular weight is 365 g/mol. The zero-order valence-electron chi connectivity index (χ0n) is 15.2. The van der Waals surface area contributed by atoms with Crippen LogP contribution in [0.3, 0.4) is 0 Å². The number of benzene rings is 2. The molecule has 3 aliphatic rings. The molecule has 2 saturated carbocycles. The number of rotatable bonds is 2. The van der Waals surface area contributed by atoms with Crippen molar-refractivity contribution in [2.24, 2.45) is 11.1 Å². The minimum atomic E-state index is -0.266. The number of urea groups is 1. The van der Waals surface area contributed by atoms with Gasteiger partial charge in [-0.25, -0.2) is 9.18 Å². The molecule has 2 amide bonds. The number of nitrogens with zero attached hydrogens (tertiary/aromatic N) is 1. The van der Waals surface area contributed by atoms with Crippen LogP contribution in [0.25, 0.3) is 0 Å². The molecule has 4 nitrogen and oxygen atoms in total. The third-order valence-electron chi connectivity index (χ3n) is 6.78. The van der Waals surface area contributed by atoms with E-state index in [1.54, 1.807) is 12.1 Å². The Morgan fingerprint density at radius 3 is 2.59 bits per heavy atom. The molecule has 0 bridgehead atoms. The quantitative estimate of drug-likeness (QED) is 0.857.